The van der Waals surface area contributed by atoms with Crippen LogP contribution in [0.25, 0.3) is 33.2 Å². The minimum Gasteiger partial charge on any atom is -0.437 e. The Balaban J connectivity index is 1.47. The van der Waals surface area contributed by atoms with Gasteiger partial charge in [0.05, 0.1) is 12.3 Å². The Kier molecular flexibility index (Phi) is 5.86. The molecule has 0 spiro atoms. The van der Waals surface area contributed by atoms with Crippen LogP contribution in [0.2, 0.25) is 0 Å². The second kappa shape index (κ2) is 9.44. The van der Waals surface area contributed by atoms with Gasteiger partial charge in [0.2, 0.25) is 17.7 Å². The van der Waals surface area contributed by atoms with Gasteiger partial charge in [0, 0.05) is 51.9 Å². The highest BCUT2D eigenvalue weighted by atomic mass is 16.5. The Morgan fingerprint density at radius 3 is 2.75 bits per heavy atom. The largest absolute Gasteiger partial charge is 0.437 e. The van der Waals surface area contributed by atoms with E-state index in [-0.39, 0.29) is 24.1 Å². The molecule has 10 heteroatoms. The molecule has 5 rings (SSSR count). The smallest absolute Gasteiger partial charge is 0.247 e. The first-order valence-corrected chi connectivity index (χ1v) is 10.9. The topological polar surface area (TPSA) is 149 Å². The molecule has 3 heterocycles. The summed E-state index contributed by atoms with van der Waals surface area (Å²) in [5.41, 5.74) is 4.85. The number of aromatic amines is 2. The van der Waals surface area contributed by atoms with Crippen molar-refractivity contribution >= 4 is 45.3 Å². The van der Waals surface area contributed by atoms with Gasteiger partial charge in [-0.15, -0.1) is 0 Å². The normalized spacial score (nSPS) is 10.6. The third kappa shape index (κ3) is 4.49. The van der Waals surface area contributed by atoms with Gasteiger partial charge in [-0.1, -0.05) is 12.6 Å². The molecule has 0 saturated heterocycles. The van der Waals surface area contributed by atoms with E-state index in [4.69, 9.17) is 10.00 Å². The molecule has 0 radical (unpaired) electrons. The van der Waals surface area contributed by atoms with Gasteiger partial charge < -0.3 is 25.3 Å². The molecule has 2 amide bonds. The molecule has 0 saturated carbocycles. The van der Waals surface area contributed by atoms with Crippen molar-refractivity contribution in [3.8, 4) is 28.8 Å². The minimum absolute atomic E-state index is 0.220. The van der Waals surface area contributed by atoms with Gasteiger partial charge in [0.1, 0.15) is 17.7 Å². The summed E-state index contributed by atoms with van der Waals surface area (Å²) in [6.45, 7) is 3.45. The summed E-state index contributed by atoms with van der Waals surface area (Å²) in [7, 11) is 0. The number of nitrogens with one attached hydrogen (secondary N) is 4. The molecule has 2 aromatic carbocycles. The van der Waals surface area contributed by atoms with Crippen molar-refractivity contribution in [1.82, 2.24) is 19.9 Å². The fourth-order valence-corrected chi connectivity index (χ4v) is 3.78. The molecule has 0 bridgehead atoms. The van der Waals surface area contributed by atoms with E-state index >= 15 is 0 Å². The number of ether oxygens (including phenoxy) is 1. The number of fused-ring (bicyclic) bond motifs is 2. The highest BCUT2D eigenvalue weighted by Crippen LogP contribution is 2.35. The second-order valence-electron chi connectivity index (χ2n) is 7.78. The number of benzene rings is 2. The summed E-state index contributed by atoms with van der Waals surface area (Å²) in [5, 5.41) is 15.0. The summed E-state index contributed by atoms with van der Waals surface area (Å²) in [4.78, 5) is 38.9. The molecule has 176 valence electrons. The first kappa shape index (κ1) is 22.4. The van der Waals surface area contributed by atoms with Crippen molar-refractivity contribution in [3.63, 3.8) is 0 Å². The van der Waals surface area contributed by atoms with Crippen molar-refractivity contribution in [2.75, 3.05) is 10.6 Å². The van der Waals surface area contributed by atoms with E-state index in [2.05, 4.69) is 37.1 Å². The van der Waals surface area contributed by atoms with Crippen LogP contribution in [-0.2, 0) is 9.59 Å². The van der Waals surface area contributed by atoms with Crippen molar-refractivity contribution in [2.45, 2.75) is 6.42 Å². The number of hydrogen-bond donors (Lipinski definition) is 4. The van der Waals surface area contributed by atoms with Crippen LogP contribution in [0.3, 0.4) is 0 Å². The van der Waals surface area contributed by atoms with Gasteiger partial charge in [-0.25, -0.2) is 9.97 Å². The van der Waals surface area contributed by atoms with E-state index in [1.807, 2.05) is 30.6 Å². The molecular formula is C26H19N7O3. The van der Waals surface area contributed by atoms with Crippen molar-refractivity contribution in [3.05, 3.63) is 73.7 Å². The molecule has 36 heavy (non-hydrogen) atoms. The lowest BCUT2D eigenvalue weighted by Gasteiger charge is -2.07. The van der Waals surface area contributed by atoms with Gasteiger partial charge >= 0.3 is 0 Å². The average Bonchev–Trinajstić information content (AvgIpc) is 3.47. The maximum atomic E-state index is 11.8. The average molecular weight is 477 g/mol. The number of amides is 2. The number of anilines is 2. The van der Waals surface area contributed by atoms with Crippen LogP contribution < -0.4 is 15.4 Å². The van der Waals surface area contributed by atoms with E-state index in [9.17, 15) is 9.59 Å². The fraction of sp³-hybridized carbons (Fsp3) is 0.0385. The first-order valence-electron chi connectivity index (χ1n) is 10.9. The third-order valence-corrected chi connectivity index (χ3v) is 5.36. The Morgan fingerprint density at radius 1 is 1.08 bits per heavy atom. The number of carbonyl (C=O) groups excluding carboxylic acids is 2. The van der Waals surface area contributed by atoms with Gasteiger partial charge in [-0.2, -0.15) is 5.26 Å². The van der Waals surface area contributed by atoms with Crippen LogP contribution in [0.5, 0.6) is 11.6 Å². The maximum absolute atomic E-state index is 11.8. The molecule has 0 atom stereocenters. The summed E-state index contributed by atoms with van der Waals surface area (Å²) in [6.07, 6.45) is 6.14. The monoisotopic (exact) mass is 477 g/mol. The maximum Gasteiger partial charge on any atom is 0.247 e. The molecular weight excluding hydrogens is 458 g/mol. The molecule has 10 nitrogen and oxygen atoms in total. The summed E-state index contributed by atoms with van der Waals surface area (Å²) >= 11 is 0. The zero-order valence-corrected chi connectivity index (χ0v) is 18.8. The second-order valence-corrected chi connectivity index (χ2v) is 7.78. The molecule has 0 unspecified atom stereocenters. The Morgan fingerprint density at radius 2 is 1.92 bits per heavy atom. The Labute approximate surface area is 204 Å². The summed E-state index contributed by atoms with van der Waals surface area (Å²) in [6, 6.07) is 14.2. The fourth-order valence-electron chi connectivity index (χ4n) is 3.78. The molecule has 0 aliphatic carbocycles. The molecule has 3 aromatic heterocycles. The Bertz CT molecular complexity index is 1680. The number of hydrogen-bond acceptors (Lipinski definition) is 6. The molecule has 0 aliphatic heterocycles. The lowest BCUT2D eigenvalue weighted by Crippen LogP contribution is -2.09. The highest BCUT2D eigenvalue weighted by Gasteiger charge is 2.15. The predicted octanol–water partition coefficient (Wildman–Crippen LogP) is 4.88. The third-order valence-electron chi connectivity index (χ3n) is 5.36. The van der Waals surface area contributed by atoms with E-state index in [0.29, 0.717) is 28.3 Å². The number of H-pyrrole nitrogens is 2. The number of carbonyl (C=O) groups is 2. The van der Waals surface area contributed by atoms with Crippen LogP contribution in [0.4, 0.5) is 11.4 Å². The van der Waals surface area contributed by atoms with Crippen LogP contribution >= 0.6 is 0 Å². The SMILES string of the molecule is C=CC(=O)Nc1cccc(Oc2cnc3[nH]cc(-c4c[nH]c5ccc(NC(=O)CC#N)cc45)c3n2)c1. The van der Waals surface area contributed by atoms with Crippen molar-refractivity contribution < 1.29 is 14.3 Å². The predicted molar refractivity (Wildman–Crippen MR) is 135 cm³/mol. The van der Waals surface area contributed by atoms with Gasteiger partial charge in [-0.05, 0) is 36.4 Å². The van der Waals surface area contributed by atoms with E-state index in [1.165, 1.54) is 12.3 Å². The highest BCUT2D eigenvalue weighted by molar-refractivity contribution is 6.04. The van der Waals surface area contributed by atoms with Crippen molar-refractivity contribution in [1.29, 1.82) is 5.26 Å². The molecule has 0 fully saturated rings. The molecule has 0 aliphatic rings. The quantitative estimate of drug-likeness (QED) is 0.246. The summed E-state index contributed by atoms with van der Waals surface area (Å²) < 4.78 is 5.91. The van der Waals surface area contributed by atoms with Crippen molar-refractivity contribution in [2.24, 2.45) is 0 Å². The Hall–Kier alpha value is -5.43. The van der Waals surface area contributed by atoms with Gasteiger partial charge in [-0.3, -0.25) is 9.59 Å². The van der Waals surface area contributed by atoms with Crippen LogP contribution in [0.15, 0.2) is 73.7 Å². The van der Waals surface area contributed by atoms with Crippen LogP contribution in [0.1, 0.15) is 6.42 Å². The van der Waals surface area contributed by atoms with E-state index < -0.39 is 0 Å². The number of rotatable bonds is 7. The van der Waals surface area contributed by atoms with Gasteiger partial charge in [0.15, 0.2) is 5.65 Å². The standard InChI is InChI=1S/C26H19N7O3/c1-2-22(34)31-15-4-3-5-17(10-15)36-24-14-30-26-25(33-24)20(13-29-26)19-12-28-21-7-6-16(11-18(19)21)32-23(35)8-9-27/h2-7,10-14,28H,1,8H2,(H,29,30)(H,31,34)(H,32,35). The number of nitrogens with zero attached hydrogens (tertiary/aromatic N) is 3. The summed E-state index contributed by atoms with van der Waals surface area (Å²) in [5.74, 6) is 0.0611. The number of aromatic nitrogens is 4. The first-order chi connectivity index (χ1) is 17.5. The zero-order chi connectivity index (χ0) is 25.1. The minimum atomic E-state index is -0.373. The van der Waals surface area contributed by atoms with Crippen LogP contribution in [0, 0.1) is 11.3 Å². The lowest BCUT2D eigenvalue weighted by molar-refractivity contribution is -0.115. The molecule has 4 N–H and O–H groups in total. The van der Waals surface area contributed by atoms with Gasteiger partial charge in [0.25, 0.3) is 0 Å². The van der Waals surface area contributed by atoms with E-state index in [1.54, 1.807) is 30.3 Å². The zero-order valence-electron chi connectivity index (χ0n) is 18.8. The number of nitriles is 1. The van der Waals surface area contributed by atoms with E-state index in [0.717, 1.165) is 22.0 Å². The molecule has 5 aromatic rings. The lowest BCUT2D eigenvalue weighted by atomic mass is 10.1. The van der Waals surface area contributed by atoms with Crippen LogP contribution in [-0.4, -0.2) is 31.8 Å².